The molecular formula is C11H15N5O2S. The summed E-state index contributed by atoms with van der Waals surface area (Å²) < 4.78 is 10.3. The quantitative estimate of drug-likeness (QED) is 0.836. The molecule has 7 nitrogen and oxygen atoms in total. The lowest BCUT2D eigenvalue weighted by Gasteiger charge is -2.11. The number of nitrogens with zero attached hydrogens (tertiary/aromatic N) is 4. The number of aromatic nitrogens is 4. The second kappa shape index (κ2) is 4.61. The molecule has 102 valence electrons. The molecule has 2 heterocycles. The highest BCUT2D eigenvalue weighted by Crippen LogP contribution is 2.23. The van der Waals surface area contributed by atoms with Gasteiger partial charge in [-0.1, -0.05) is 20.8 Å². The first-order chi connectivity index (χ1) is 8.82. The average Bonchev–Trinajstić information content (AvgIpc) is 2.93. The van der Waals surface area contributed by atoms with Crippen LogP contribution in [-0.4, -0.2) is 32.2 Å². The molecule has 0 unspecified atom stereocenters. The third kappa shape index (κ3) is 2.58. The van der Waals surface area contributed by atoms with E-state index in [4.69, 9.17) is 5.73 Å². The minimum Gasteiger partial charge on any atom is -0.464 e. The lowest BCUT2D eigenvalue weighted by atomic mass is 9.96. The molecule has 0 amide bonds. The normalized spacial score (nSPS) is 11.6. The number of nitrogen functional groups attached to an aromatic ring is 1. The molecule has 0 spiro atoms. The molecule has 0 radical (unpaired) electrons. The van der Waals surface area contributed by atoms with Crippen LogP contribution in [0.2, 0.25) is 0 Å². The molecule has 2 N–H and O–H groups in total. The Bertz CT molecular complexity index is 611. The number of anilines is 1. The molecule has 0 saturated carbocycles. The van der Waals surface area contributed by atoms with Gasteiger partial charge in [-0.2, -0.15) is 9.47 Å². The van der Waals surface area contributed by atoms with Crippen LogP contribution in [0.3, 0.4) is 0 Å². The molecule has 0 atom stereocenters. The second-order valence-corrected chi connectivity index (χ2v) is 5.75. The van der Waals surface area contributed by atoms with Gasteiger partial charge in [0.2, 0.25) is 5.13 Å². The molecule has 8 heteroatoms. The van der Waals surface area contributed by atoms with Gasteiger partial charge in [-0.05, 0) is 0 Å². The number of rotatable bonds is 2. The summed E-state index contributed by atoms with van der Waals surface area (Å²) in [7, 11) is 1.28. The van der Waals surface area contributed by atoms with Crippen molar-refractivity contribution >= 4 is 23.2 Å². The van der Waals surface area contributed by atoms with Gasteiger partial charge in [0.1, 0.15) is 5.82 Å². The van der Waals surface area contributed by atoms with Gasteiger partial charge in [0.25, 0.3) is 0 Å². The van der Waals surface area contributed by atoms with Crippen molar-refractivity contribution in [2.45, 2.75) is 26.2 Å². The Morgan fingerprint density at radius 2 is 2.16 bits per heavy atom. The highest BCUT2D eigenvalue weighted by Gasteiger charge is 2.22. The van der Waals surface area contributed by atoms with E-state index >= 15 is 0 Å². The molecule has 0 aromatic carbocycles. The lowest BCUT2D eigenvalue weighted by Crippen LogP contribution is -2.13. The highest BCUT2D eigenvalue weighted by atomic mass is 32.1. The average molecular weight is 281 g/mol. The van der Waals surface area contributed by atoms with Crippen LogP contribution >= 0.6 is 11.5 Å². The zero-order valence-electron chi connectivity index (χ0n) is 11.2. The standard InChI is InChI=1S/C11H15N5O2S/c1-11(2,3)9-13-10(19-15-9)16-5-6(12)7(14-16)8(17)18-4/h5H,12H2,1-4H3. The summed E-state index contributed by atoms with van der Waals surface area (Å²) in [4.78, 5) is 15.8. The minimum atomic E-state index is -0.572. The first kappa shape index (κ1) is 13.5. The van der Waals surface area contributed by atoms with Crippen molar-refractivity contribution < 1.29 is 9.53 Å². The number of methoxy groups -OCH3 is 1. The Balaban J connectivity index is 2.38. The first-order valence-electron chi connectivity index (χ1n) is 5.61. The molecule has 0 fully saturated rings. The van der Waals surface area contributed by atoms with Gasteiger partial charge in [-0.3, -0.25) is 0 Å². The van der Waals surface area contributed by atoms with Crippen molar-refractivity contribution in [3.05, 3.63) is 17.7 Å². The maximum atomic E-state index is 11.4. The Labute approximate surface area is 114 Å². The van der Waals surface area contributed by atoms with E-state index in [0.717, 1.165) is 5.82 Å². The van der Waals surface area contributed by atoms with Crippen LogP contribution in [0.1, 0.15) is 37.1 Å². The van der Waals surface area contributed by atoms with Crippen LogP contribution in [0.5, 0.6) is 0 Å². The Hall–Kier alpha value is -1.96. The van der Waals surface area contributed by atoms with Crippen molar-refractivity contribution in [2.75, 3.05) is 12.8 Å². The van der Waals surface area contributed by atoms with Gasteiger partial charge >= 0.3 is 5.97 Å². The number of carbonyl (C=O) groups is 1. The molecule has 2 rings (SSSR count). The summed E-state index contributed by atoms with van der Waals surface area (Å²) in [5, 5.41) is 4.63. The molecule has 2 aromatic heterocycles. The van der Waals surface area contributed by atoms with E-state index in [1.54, 1.807) is 0 Å². The number of hydrogen-bond acceptors (Lipinski definition) is 7. The van der Waals surface area contributed by atoms with Gasteiger partial charge in [0.15, 0.2) is 5.69 Å². The van der Waals surface area contributed by atoms with Crippen molar-refractivity contribution in [3.8, 4) is 5.13 Å². The predicted molar refractivity (Wildman–Crippen MR) is 71.5 cm³/mol. The summed E-state index contributed by atoms with van der Waals surface area (Å²) in [6, 6.07) is 0. The molecule has 0 bridgehead atoms. The third-order valence-electron chi connectivity index (χ3n) is 2.40. The summed E-state index contributed by atoms with van der Waals surface area (Å²) in [6.07, 6.45) is 1.53. The highest BCUT2D eigenvalue weighted by molar-refractivity contribution is 7.08. The second-order valence-electron chi connectivity index (χ2n) is 5.02. The number of ether oxygens (including phenoxy) is 1. The molecular weight excluding hydrogens is 266 g/mol. The van der Waals surface area contributed by atoms with Crippen LogP contribution in [-0.2, 0) is 10.2 Å². The van der Waals surface area contributed by atoms with E-state index in [1.807, 2.05) is 20.8 Å². The van der Waals surface area contributed by atoms with E-state index < -0.39 is 5.97 Å². The number of hydrogen-bond donors (Lipinski definition) is 1. The number of esters is 1. The fourth-order valence-corrected chi connectivity index (χ4v) is 2.14. The van der Waals surface area contributed by atoms with Crippen molar-refractivity contribution in [3.63, 3.8) is 0 Å². The molecule has 19 heavy (non-hydrogen) atoms. The van der Waals surface area contributed by atoms with Crippen LogP contribution in [0.25, 0.3) is 5.13 Å². The first-order valence-corrected chi connectivity index (χ1v) is 6.38. The molecule has 0 aliphatic carbocycles. The Morgan fingerprint density at radius 1 is 1.47 bits per heavy atom. The Morgan fingerprint density at radius 3 is 2.68 bits per heavy atom. The summed E-state index contributed by atoms with van der Waals surface area (Å²) in [5.41, 5.74) is 5.91. The smallest absolute Gasteiger partial charge is 0.360 e. The molecule has 2 aromatic rings. The number of carbonyl (C=O) groups excluding carboxylic acids is 1. The summed E-state index contributed by atoms with van der Waals surface area (Å²) in [6.45, 7) is 6.07. The van der Waals surface area contributed by atoms with E-state index in [2.05, 4.69) is 19.2 Å². The van der Waals surface area contributed by atoms with Crippen LogP contribution in [0.15, 0.2) is 6.20 Å². The zero-order valence-corrected chi connectivity index (χ0v) is 12.0. The topological polar surface area (TPSA) is 95.9 Å². The van der Waals surface area contributed by atoms with Gasteiger partial charge in [-0.15, -0.1) is 0 Å². The van der Waals surface area contributed by atoms with Crippen molar-refractivity contribution in [1.82, 2.24) is 19.1 Å². The van der Waals surface area contributed by atoms with Crippen molar-refractivity contribution in [2.24, 2.45) is 0 Å². The van der Waals surface area contributed by atoms with E-state index in [9.17, 15) is 4.79 Å². The zero-order chi connectivity index (χ0) is 14.2. The van der Waals surface area contributed by atoms with Gasteiger partial charge < -0.3 is 10.5 Å². The molecule has 0 aliphatic heterocycles. The fraction of sp³-hybridized carbons (Fsp3) is 0.455. The van der Waals surface area contributed by atoms with E-state index in [1.165, 1.54) is 29.5 Å². The van der Waals surface area contributed by atoms with Crippen LogP contribution < -0.4 is 5.73 Å². The molecule has 0 saturated heterocycles. The lowest BCUT2D eigenvalue weighted by molar-refractivity contribution is 0.0594. The van der Waals surface area contributed by atoms with Gasteiger partial charge in [-0.25, -0.2) is 14.5 Å². The summed E-state index contributed by atoms with van der Waals surface area (Å²) >= 11 is 1.20. The number of nitrogens with two attached hydrogens (primary N) is 1. The van der Waals surface area contributed by atoms with Gasteiger partial charge in [0.05, 0.1) is 19.0 Å². The SMILES string of the molecule is COC(=O)c1nn(-c2nc(C(C)(C)C)ns2)cc1N. The predicted octanol–water partition coefficient (Wildman–Crippen LogP) is 1.39. The minimum absolute atomic E-state index is 0.0787. The van der Waals surface area contributed by atoms with Gasteiger partial charge in [0, 0.05) is 16.9 Å². The fourth-order valence-electron chi connectivity index (χ4n) is 1.35. The maximum absolute atomic E-state index is 11.4. The molecule has 0 aliphatic rings. The van der Waals surface area contributed by atoms with E-state index in [0.29, 0.717) is 5.13 Å². The third-order valence-corrected chi connectivity index (χ3v) is 3.11. The monoisotopic (exact) mass is 281 g/mol. The summed E-state index contributed by atoms with van der Waals surface area (Å²) in [5.74, 6) is 0.151. The van der Waals surface area contributed by atoms with Crippen LogP contribution in [0.4, 0.5) is 5.69 Å². The van der Waals surface area contributed by atoms with Crippen molar-refractivity contribution in [1.29, 1.82) is 0 Å². The maximum Gasteiger partial charge on any atom is 0.360 e. The Kier molecular flexibility index (Phi) is 3.27. The largest absolute Gasteiger partial charge is 0.464 e. The van der Waals surface area contributed by atoms with E-state index in [-0.39, 0.29) is 16.8 Å². The van der Waals surface area contributed by atoms with Crippen LogP contribution in [0, 0.1) is 0 Å².